The molecule has 1 saturated carbocycles. The fourth-order valence-electron chi connectivity index (χ4n) is 3.87. The van der Waals surface area contributed by atoms with Crippen molar-refractivity contribution in [1.29, 1.82) is 0 Å². The molecule has 0 spiro atoms. The first-order valence-corrected chi connectivity index (χ1v) is 9.83. The summed E-state index contributed by atoms with van der Waals surface area (Å²) in [7, 11) is 0. The third kappa shape index (κ3) is 5.37. The molecule has 1 aliphatic carbocycles. The van der Waals surface area contributed by atoms with Crippen LogP contribution in [-0.2, 0) is 4.79 Å². The van der Waals surface area contributed by atoms with Crippen LogP contribution >= 0.6 is 0 Å². The van der Waals surface area contributed by atoms with Gasteiger partial charge < -0.3 is 15.4 Å². The van der Waals surface area contributed by atoms with Gasteiger partial charge in [0.1, 0.15) is 0 Å². The summed E-state index contributed by atoms with van der Waals surface area (Å²) in [5.41, 5.74) is 6.03. The zero-order chi connectivity index (χ0) is 19.9. The minimum atomic E-state index is -0.889. The van der Waals surface area contributed by atoms with Crippen molar-refractivity contribution in [3.8, 4) is 11.4 Å². The number of nitrogens with two attached hydrogens (primary N) is 1. The fourth-order valence-corrected chi connectivity index (χ4v) is 3.87. The minimum Gasteiger partial charge on any atom is -0.481 e. The molecule has 1 fully saturated rings. The van der Waals surface area contributed by atoms with Crippen LogP contribution < -0.4 is 5.73 Å². The molecule has 1 amide bonds. The van der Waals surface area contributed by atoms with Crippen molar-refractivity contribution in [2.24, 2.45) is 11.7 Å². The maximum absolute atomic E-state index is 11.3. The number of hydrogen-bond acceptors (Lipinski definition) is 6. The van der Waals surface area contributed by atoms with E-state index in [2.05, 4.69) is 15.1 Å². The Kier molecular flexibility index (Phi) is 6.73. The van der Waals surface area contributed by atoms with E-state index in [1.54, 1.807) is 6.07 Å². The van der Waals surface area contributed by atoms with Crippen molar-refractivity contribution in [1.82, 2.24) is 15.1 Å². The average Bonchev–Trinajstić information content (AvgIpc) is 3.18. The maximum atomic E-state index is 11.3. The number of rotatable bonds is 9. The minimum absolute atomic E-state index is 0.0497. The van der Waals surface area contributed by atoms with E-state index in [4.69, 9.17) is 10.3 Å². The molecule has 0 saturated heterocycles. The largest absolute Gasteiger partial charge is 0.481 e. The number of primary amides is 1. The van der Waals surface area contributed by atoms with E-state index >= 15 is 0 Å². The van der Waals surface area contributed by atoms with Crippen molar-refractivity contribution < 1.29 is 19.2 Å². The van der Waals surface area contributed by atoms with Crippen molar-refractivity contribution in [3.05, 3.63) is 29.9 Å². The second kappa shape index (κ2) is 9.43. The van der Waals surface area contributed by atoms with Crippen molar-refractivity contribution >= 4 is 11.9 Å². The Labute approximate surface area is 163 Å². The summed E-state index contributed by atoms with van der Waals surface area (Å²) in [5.74, 6) is -0.474. The van der Waals surface area contributed by atoms with E-state index in [9.17, 15) is 14.7 Å². The standard InChI is InChI=1S/C20H26N4O4/c21-18(27)15-9-16(12-22-11-15)19-23-20(28-24-19)14(10-17(25)26)8-4-7-13-5-2-1-3-6-13/h9,11-14H,1-8,10H2,(H2,21,27)(H,25,26). The van der Waals surface area contributed by atoms with Gasteiger partial charge in [0.15, 0.2) is 0 Å². The van der Waals surface area contributed by atoms with Gasteiger partial charge in [-0.2, -0.15) is 4.98 Å². The third-order valence-electron chi connectivity index (χ3n) is 5.38. The molecule has 1 atom stereocenters. The Hall–Kier alpha value is -2.77. The van der Waals surface area contributed by atoms with Crippen molar-refractivity contribution in [3.63, 3.8) is 0 Å². The average molecular weight is 386 g/mol. The maximum Gasteiger partial charge on any atom is 0.304 e. The third-order valence-corrected chi connectivity index (χ3v) is 5.38. The molecule has 2 aromatic heterocycles. The molecule has 2 aromatic rings. The molecule has 0 bridgehead atoms. The second-order valence-electron chi connectivity index (χ2n) is 7.51. The summed E-state index contributed by atoms with van der Waals surface area (Å²) < 4.78 is 5.36. The Morgan fingerprint density at radius 1 is 1.25 bits per heavy atom. The van der Waals surface area contributed by atoms with Gasteiger partial charge in [-0.3, -0.25) is 14.6 Å². The number of aromatic nitrogens is 3. The molecular weight excluding hydrogens is 360 g/mol. The number of nitrogens with zero attached hydrogens (tertiary/aromatic N) is 3. The smallest absolute Gasteiger partial charge is 0.304 e. The topological polar surface area (TPSA) is 132 Å². The highest BCUT2D eigenvalue weighted by Gasteiger charge is 2.23. The van der Waals surface area contributed by atoms with Crippen LogP contribution in [0.25, 0.3) is 11.4 Å². The molecule has 8 heteroatoms. The van der Waals surface area contributed by atoms with E-state index in [0.717, 1.165) is 18.8 Å². The quantitative estimate of drug-likeness (QED) is 0.673. The van der Waals surface area contributed by atoms with Crippen molar-refractivity contribution in [2.75, 3.05) is 0 Å². The zero-order valence-electron chi connectivity index (χ0n) is 15.8. The van der Waals surface area contributed by atoms with Gasteiger partial charge in [0.25, 0.3) is 0 Å². The second-order valence-corrected chi connectivity index (χ2v) is 7.51. The summed E-state index contributed by atoms with van der Waals surface area (Å²) >= 11 is 0. The van der Waals surface area contributed by atoms with Crippen molar-refractivity contribution in [2.45, 2.75) is 63.7 Å². The fraction of sp³-hybridized carbons (Fsp3) is 0.550. The Morgan fingerprint density at radius 2 is 2.04 bits per heavy atom. The molecule has 3 rings (SSSR count). The van der Waals surface area contributed by atoms with Gasteiger partial charge in [-0.25, -0.2) is 0 Å². The first-order valence-electron chi connectivity index (χ1n) is 9.83. The molecule has 1 unspecified atom stereocenters. The monoisotopic (exact) mass is 386 g/mol. The van der Waals surface area contributed by atoms with Crippen LogP contribution in [0.3, 0.4) is 0 Å². The zero-order valence-corrected chi connectivity index (χ0v) is 15.8. The number of carbonyl (C=O) groups excluding carboxylic acids is 1. The van der Waals surface area contributed by atoms with Crippen LogP contribution in [0.15, 0.2) is 23.0 Å². The molecule has 1 aliphatic rings. The number of pyridine rings is 1. The summed E-state index contributed by atoms with van der Waals surface area (Å²) in [6, 6.07) is 1.54. The number of carbonyl (C=O) groups is 2. The first-order chi connectivity index (χ1) is 13.5. The number of carboxylic acid groups (broad SMARTS) is 1. The number of carboxylic acids is 1. The highest BCUT2D eigenvalue weighted by molar-refractivity contribution is 5.93. The van der Waals surface area contributed by atoms with Gasteiger partial charge in [-0.1, -0.05) is 50.1 Å². The van der Waals surface area contributed by atoms with Gasteiger partial charge in [0, 0.05) is 23.9 Å². The summed E-state index contributed by atoms with van der Waals surface area (Å²) in [6.07, 6.45) is 12.1. The van der Waals surface area contributed by atoms with Crippen LogP contribution in [-0.4, -0.2) is 32.1 Å². The van der Waals surface area contributed by atoms with Gasteiger partial charge in [-0.15, -0.1) is 0 Å². The lowest BCUT2D eigenvalue weighted by atomic mass is 9.84. The molecular formula is C20H26N4O4. The Bertz CT molecular complexity index is 814. The first kappa shape index (κ1) is 20.0. The van der Waals surface area contributed by atoms with Crippen LogP contribution in [0.5, 0.6) is 0 Å². The number of amides is 1. The summed E-state index contributed by atoms with van der Waals surface area (Å²) in [4.78, 5) is 30.9. The van der Waals surface area contributed by atoms with Gasteiger partial charge in [0.2, 0.25) is 17.6 Å². The predicted octanol–water partition coefficient (Wildman–Crippen LogP) is 3.54. The Balaban J connectivity index is 1.68. The van der Waals surface area contributed by atoms with Gasteiger partial charge >= 0.3 is 5.97 Å². The normalized spacial score (nSPS) is 16.0. The highest BCUT2D eigenvalue weighted by Crippen LogP contribution is 2.31. The molecule has 28 heavy (non-hydrogen) atoms. The van der Waals surface area contributed by atoms with Crippen LogP contribution in [0, 0.1) is 5.92 Å². The Morgan fingerprint density at radius 3 is 2.75 bits per heavy atom. The van der Waals surface area contributed by atoms with E-state index in [-0.39, 0.29) is 23.7 Å². The molecule has 0 radical (unpaired) electrons. The summed E-state index contributed by atoms with van der Waals surface area (Å²) in [6.45, 7) is 0. The molecule has 0 aromatic carbocycles. The molecule has 8 nitrogen and oxygen atoms in total. The molecule has 3 N–H and O–H groups in total. The van der Waals surface area contributed by atoms with E-state index in [0.29, 0.717) is 17.9 Å². The van der Waals surface area contributed by atoms with Gasteiger partial charge in [0.05, 0.1) is 12.0 Å². The van der Waals surface area contributed by atoms with E-state index in [1.807, 2.05) is 0 Å². The summed E-state index contributed by atoms with van der Waals surface area (Å²) in [5, 5.41) is 13.2. The van der Waals surface area contributed by atoms with Crippen LogP contribution in [0.4, 0.5) is 0 Å². The van der Waals surface area contributed by atoms with Crippen LogP contribution in [0.2, 0.25) is 0 Å². The van der Waals surface area contributed by atoms with E-state index < -0.39 is 11.9 Å². The predicted molar refractivity (Wildman–Crippen MR) is 101 cm³/mol. The number of hydrogen-bond donors (Lipinski definition) is 2. The lowest BCUT2D eigenvalue weighted by Crippen LogP contribution is -2.11. The number of aliphatic carboxylic acids is 1. The van der Waals surface area contributed by atoms with Gasteiger partial charge in [-0.05, 0) is 18.4 Å². The molecule has 2 heterocycles. The molecule has 0 aliphatic heterocycles. The highest BCUT2D eigenvalue weighted by atomic mass is 16.5. The lowest BCUT2D eigenvalue weighted by Gasteiger charge is -2.21. The SMILES string of the molecule is NC(=O)c1cncc(-c2noc(C(CCCC3CCCCC3)CC(=O)O)n2)c1. The van der Waals surface area contributed by atoms with E-state index in [1.165, 1.54) is 44.5 Å². The van der Waals surface area contributed by atoms with Crippen LogP contribution in [0.1, 0.15) is 80.0 Å². The lowest BCUT2D eigenvalue weighted by molar-refractivity contribution is -0.137. The molecule has 150 valence electrons.